The lowest BCUT2D eigenvalue weighted by molar-refractivity contribution is 0.0826. The van der Waals surface area contributed by atoms with Crippen LogP contribution >= 0.6 is 0 Å². The molecule has 1 saturated heterocycles. The number of nitrogens with one attached hydrogen (secondary N) is 1. The molecule has 1 aromatic rings. The molecular formula is C12H15F2NO4. The van der Waals surface area contributed by atoms with Gasteiger partial charge in [-0.1, -0.05) is 0 Å². The van der Waals surface area contributed by atoms with Gasteiger partial charge in [0.2, 0.25) is 0 Å². The van der Waals surface area contributed by atoms with Gasteiger partial charge in [0.25, 0.3) is 12.3 Å². The fourth-order valence-electron chi connectivity index (χ4n) is 1.79. The summed E-state index contributed by atoms with van der Waals surface area (Å²) in [6.45, 7) is 3.15. The van der Waals surface area contributed by atoms with E-state index < -0.39 is 18.1 Å². The number of rotatable bonds is 3. The highest BCUT2D eigenvalue weighted by molar-refractivity contribution is 5.93. The predicted octanol–water partition coefficient (Wildman–Crippen LogP) is 1.67. The first kappa shape index (κ1) is 14.0. The lowest BCUT2D eigenvalue weighted by Crippen LogP contribution is -2.40. The number of hydrogen-bond acceptors (Lipinski definition) is 4. The van der Waals surface area contributed by atoms with Crippen molar-refractivity contribution in [1.82, 2.24) is 5.32 Å². The number of amides is 1. The second-order valence-corrected chi connectivity index (χ2v) is 4.28. The van der Waals surface area contributed by atoms with Crippen molar-refractivity contribution in [2.45, 2.75) is 19.4 Å². The molecule has 106 valence electrons. The van der Waals surface area contributed by atoms with Crippen LogP contribution < -0.4 is 5.32 Å². The van der Waals surface area contributed by atoms with Crippen molar-refractivity contribution in [1.29, 1.82) is 0 Å². The molecule has 5 nitrogen and oxygen atoms in total. The highest BCUT2D eigenvalue weighted by Gasteiger charge is 2.23. The Kier molecular flexibility index (Phi) is 4.49. The van der Waals surface area contributed by atoms with Gasteiger partial charge in [-0.15, -0.1) is 0 Å². The first-order valence-electron chi connectivity index (χ1n) is 5.92. The lowest BCUT2D eigenvalue weighted by Gasteiger charge is -2.14. The molecule has 2 heterocycles. The van der Waals surface area contributed by atoms with Gasteiger partial charge in [0.05, 0.1) is 32.5 Å². The molecule has 7 heteroatoms. The van der Waals surface area contributed by atoms with Gasteiger partial charge in [-0.05, 0) is 13.0 Å². The Bertz CT molecular complexity index is 439. The van der Waals surface area contributed by atoms with E-state index in [1.165, 1.54) is 6.07 Å². The number of carbonyl (C=O) groups is 1. The smallest absolute Gasteiger partial charge is 0.295 e. The topological polar surface area (TPSA) is 60.7 Å². The van der Waals surface area contributed by atoms with E-state index in [1.807, 2.05) is 0 Å². The van der Waals surface area contributed by atoms with Crippen molar-refractivity contribution in [2.24, 2.45) is 0 Å². The van der Waals surface area contributed by atoms with E-state index in [0.29, 0.717) is 32.0 Å². The number of ether oxygens (including phenoxy) is 2. The molecule has 1 N–H and O–H groups in total. The molecule has 1 aliphatic rings. The maximum atomic E-state index is 12.5. The number of hydrogen-bond donors (Lipinski definition) is 1. The SMILES string of the molecule is Cc1cc(C(F)F)oc1C(=O)NC1COCCOC1. The molecular weight excluding hydrogens is 260 g/mol. The molecule has 0 aliphatic carbocycles. The molecule has 1 aliphatic heterocycles. The van der Waals surface area contributed by atoms with Crippen molar-refractivity contribution in [3.8, 4) is 0 Å². The summed E-state index contributed by atoms with van der Waals surface area (Å²) in [5, 5.41) is 2.64. The minimum Gasteiger partial charge on any atom is -0.450 e. The van der Waals surface area contributed by atoms with E-state index in [4.69, 9.17) is 13.9 Å². The van der Waals surface area contributed by atoms with Gasteiger partial charge in [-0.3, -0.25) is 4.79 Å². The molecule has 0 unspecified atom stereocenters. The van der Waals surface area contributed by atoms with Crippen molar-refractivity contribution in [3.63, 3.8) is 0 Å². The summed E-state index contributed by atoms with van der Waals surface area (Å²) < 4.78 is 40.3. The second kappa shape index (κ2) is 6.12. The second-order valence-electron chi connectivity index (χ2n) is 4.28. The van der Waals surface area contributed by atoms with Crippen molar-refractivity contribution in [3.05, 3.63) is 23.2 Å². The van der Waals surface area contributed by atoms with Gasteiger partial charge in [0.15, 0.2) is 11.5 Å². The quantitative estimate of drug-likeness (QED) is 0.911. The zero-order valence-corrected chi connectivity index (χ0v) is 10.4. The van der Waals surface area contributed by atoms with Gasteiger partial charge in [0, 0.05) is 5.56 Å². The lowest BCUT2D eigenvalue weighted by atomic mass is 10.2. The Morgan fingerprint density at radius 2 is 2.00 bits per heavy atom. The van der Waals surface area contributed by atoms with Gasteiger partial charge >= 0.3 is 0 Å². The van der Waals surface area contributed by atoms with Gasteiger partial charge in [-0.2, -0.15) is 0 Å². The first-order valence-corrected chi connectivity index (χ1v) is 5.92. The Balaban J connectivity index is 2.02. The molecule has 0 spiro atoms. The average molecular weight is 275 g/mol. The van der Waals surface area contributed by atoms with E-state index in [1.54, 1.807) is 6.92 Å². The van der Waals surface area contributed by atoms with Crippen LogP contribution in [0.25, 0.3) is 0 Å². The fourth-order valence-corrected chi connectivity index (χ4v) is 1.79. The molecule has 0 saturated carbocycles. The Hall–Kier alpha value is -1.47. The summed E-state index contributed by atoms with van der Waals surface area (Å²) in [5.41, 5.74) is 0.378. The molecule has 0 bridgehead atoms. The molecule has 1 amide bonds. The van der Waals surface area contributed by atoms with Crippen LogP contribution in [0.3, 0.4) is 0 Å². The minimum atomic E-state index is -2.73. The zero-order chi connectivity index (χ0) is 13.8. The van der Waals surface area contributed by atoms with Crippen molar-refractivity contribution >= 4 is 5.91 Å². The predicted molar refractivity (Wildman–Crippen MR) is 61.3 cm³/mol. The van der Waals surface area contributed by atoms with Crippen LogP contribution in [-0.2, 0) is 9.47 Å². The monoisotopic (exact) mass is 275 g/mol. The summed E-state index contributed by atoms with van der Waals surface area (Å²) in [6.07, 6.45) is -2.73. The van der Waals surface area contributed by atoms with Crippen LogP contribution in [0.2, 0.25) is 0 Å². The van der Waals surface area contributed by atoms with Gasteiger partial charge in [-0.25, -0.2) is 8.78 Å². The molecule has 19 heavy (non-hydrogen) atoms. The van der Waals surface area contributed by atoms with E-state index in [0.717, 1.165) is 0 Å². The van der Waals surface area contributed by atoms with E-state index in [9.17, 15) is 13.6 Å². The zero-order valence-electron chi connectivity index (χ0n) is 10.4. The normalized spacial score (nSPS) is 17.5. The van der Waals surface area contributed by atoms with Crippen molar-refractivity contribution in [2.75, 3.05) is 26.4 Å². The average Bonchev–Trinajstić information content (AvgIpc) is 2.58. The largest absolute Gasteiger partial charge is 0.450 e. The molecule has 1 aromatic heterocycles. The fraction of sp³-hybridized carbons (Fsp3) is 0.583. The summed E-state index contributed by atoms with van der Waals surface area (Å²) in [7, 11) is 0. The summed E-state index contributed by atoms with van der Waals surface area (Å²) >= 11 is 0. The van der Waals surface area contributed by atoms with Crippen LogP contribution in [0.4, 0.5) is 8.78 Å². The minimum absolute atomic E-state index is 0.0976. The highest BCUT2D eigenvalue weighted by Crippen LogP contribution is 2.24. The standard InChI is InChI=1S/C12H15F2NO4/c1-7-4-9(11(13)14)19-10(7)12(16)15-8-5-17-2-3-18-6-8/h4,8,11H,2-3,5-6H2,1H3,(H,15,16). The molecule has 2 rings (SSSR count). The third-order valence-corrected chi connectivity index (χ3v) is 2.70. The number of aryl methyl sites for hydroxylation is 1. The Morgan fingerprint density at radius 3 is 2.53 bits per heavy atom. The maximum absolute atomic E-state index is 12.5. The van der Waals surface area contributed by atoms with Gasteiger partial charge in [0.1, 0.15) is 0 Å². The summed E-state index contributed by atoms with van der Waals surface area (Å²) in [6, 6.07) is 0.856. The third-order valence-electron chi connectivity index (χ3n) is 2.70. The number of alkyl halides is 2. The molecule has 0 aromatic carbocycles. The first-order chi connectivity index (χ1) is 9.08. The summed E-state index contributed by atoms with van der Waals surface area (Å²) in [5.74, 6) is -1.14. The third kappa shape index (κ3) is 3.51. The number of carbonyl (C=O) groups excluding carboxylic acids is 1. The maximum Gasteiger partial charge on any atom is 0.295 e. The van der Waals surface area contributed by atoms with E-state index in [2.05, 4.69) is 5.32 Å². The van der Waals surface area contributed by atoms with Crippen LogP contribution in [0, 0.1) is 6.92 Å². The van der Waals surface area contributed by atoms with Crippen LogP contribution in [0.1, 0.15) is 28.3 Å². The van der Waals surface area contributed by atoms with E-state index in [-0.39, 0.29) is 11.8 Å². The highest BCUT2D eigenvalue weighted by atomic mass is 19.3. The van der Waals surface area contributed by atoms with Gasteiger partial charge < -0.3 is 19.2 Å². The van der Waals surface area contributed by atoms with Crippen molar-refractivity contribution < 1.29 is 27.5 Å². The number of furan rings is 1. The number of halogens is 2. The molecule has 0 atom stereocenters. The van der Waals surface area contributed by atoms with Crippen LogP contribution in [-0.4, -0.2) is 38.4 Å². The Labute approximate surface area is 108 Å². The molecule has 0 radical (unpaired) electrons. The van der Waals surface area contributed by atoms with E-state index >= 15 is 0 Å². The molecule has 1 fully saturated rings. The Morgan fingerprint density at radius 1 is 1.37 bits per heavy atom. The van der Waals surface area contributed by atoms with Crippen LogP contribution in [0.15, 0.2) is 10.5 Å². The van der Waals surface area contributed by atoms with Crippen LogP contribution in [0.5, 0.6) is 0 Å². The summed E-state index contributed by atoms with van der Waals surface area (Å²) in [4.78, 5) is 11.9.